The Kier molecular flexibility index (Phi) is 7.22. The fourth-order valence-electron chi connectivity index (χ4n) is 3.57. The van der Waals surface area contributed by atoms with Crippen LogP contribution in [-0.4, -0.2) is 48.0 Å². The Morgan fingerprint density at radius 3 is 2.60 bits per heavy atom. The molecule has 0 bridgehead atoms. The van der Waals surface area contributed by atoms with E-state index in [9.17, 15) is 4.79 Å². The molecule has 1 N–H and O–H groups in total. The molecule has 1 atom stereocenters. The summed E-state index contributed by atoms with van der Waals surface area (Å²) in [5, 5.41) is 3.24. The van der Waals surface area contributed by atoms with Gasteiger partial charge in [0, 0.05) is 30.8 Å². The van der Waals surface area contributed by atoms with E-state index >= 15 is 0 Å². The second kappa shape index (κ2) is 8.93. The second-order valence-corrected chi connectivity index (χ2v) is 7.28. The van der Waals surface area contributed by atoms with Gasteiger partial charge in [-0.1, -0.05) is 25.7 Å². The van der Waals surface area contributed by atoms with Gasteiger partial charge in [0.1, 0.15) is 0 Å². The largest absolute Gasteiger partial charge is 0.352 e. The number of carbonyl (C=O) groups is 1. The molecule has 2 rings (SSSR count). The van der Waals surface area contributed by atoms with E-state index < -0.39 is 0 Å². The maximum atomic E-state index is 11.9. The Morgan fingerprint density at radius 1 is 1.15 bits per heavy atom. The molecule has 1 aliphatic heterocycles. The highest BCUT2D eigenvalue weighted by Gasteiger charge is 2.26. The zero-order valence-corrected chi connectivity index (χ0v) is 13.7. The van der Waals surface area contributed by atoms with Crippen molar-refractivity contribution in [3.8, 4) is 0 Å². The number of nitrogens with zero attached hydrogens (tertiary/aromatic N) is 1. The van der Waals surface area contributed by atoms with E-state index in [2.05, 4.69) is 16.5 Å². The maximum absolute atomic E-state index is 11.9. The standard InChI is InChI=1S/C16H30N2OS/c1-20-12-10-16(19)17-14-7-6-11-18(13-14)15-8-4-2-3-5-9-15/h14-15H,2-13H2,1H3,(H,17,19)/t14-/m1/s1. The Hall–Kier alpha value is -0.220. The summed E-state index contributed by atoms with van der Waals surface area (Å²) in [5.74, 6) is 1.18. The van der Waals surface area contributed by atoms with Crippen LogP contribution in [0.25, 0.3) is 0 Å². The Morgan fingerprint density at radius 2 is 1.90 bits per heavy atom. The molecule has 1 aliphatic carbocycles. The van der Waals surface area contributed by atoms with Crippen molar-refractivity contribution in [3.63, 3.8) is 0 Å². The predicted octanol–water partition coefficient (Wildman–Crippen LogP) is 3.04. The lowest BCUT2D eigenvalue weighted by molar-refractivity contribution is -0.121. The van der Waals surface area contributed by atoms with E-state index in [-0.39, 0.29) is 5.91 Å². The summed E-state index contributed by atoms with van der Waals surface area (Å²) in [6, 6.07) is 1.17. The molecule has 0 unspecified atom stereocenters. The van der Waals surface area contributed by atoms with Crippen molar-refractivity contribution in [2.24, 2.45) is 0 Å². The van der Waals surface area contributed by atoms with Gasteiger partial charge in [-0.15, -0.1) is 0 Å². The Balaban J connectivity index is 1.77. The van der Waals surface area contributed by atoms with Crippen LogP contribution in [0.2, 0.25) is 0 Å². The summed E-state index contributed by atoms with van der Waals surface area (Å²) in [4.78, 5) is 14.5. The molecule has 2 fully saturated rings. The van der Waals surface area contributed by atoms with E-state index in [1.54, 1.807) is 11.8 Å². The molecule has 0 radical (unpaired) electrons. The van der Waals surface area contributed by atoms with Crippen molar-refractivity contribution in [2.45, 2.75) is 69.9 Å². The average molecular weight is 298 g/mol. The lowest BCUT2D eigenvalue weighted by Gasteiger charge is -2.38. The number of amides is 1. The van der Waals surface area contributed by atoms with E-state index in [1.165, 1.54) is 51.5 Å². The average Bonchev–Trinajstić information content (AvgIpc) is 2.74. The van der Waals surface area contributed by atoms with Crippen LogP contribution in [0, 0.1) is 0 Å². The lowest BCUT2D eigenvalue weighted by atomic mass is 10.00. The number of likely N-dealkylation sites (tertiary alicyclic amines) is 1. The topological polar surface area (TPSA) is 32.3 Å². The number of nitrogens with one attached hydrogen (secondary N) is 1. The molecule has 1 saturated heterocycles. The first-order valence-electron chi connectivity index (χ1n) is 8.32. The number of hydrogen-bond donors (Lipinski definition) is 1. The molecule has 0 aromatic carbocycles. The molecule has 2 aliphatic rings. The smallest absolute Gasteiger partial charge is 0.221 e. The van der Waals surface area contributed by atoms with E-state index in [1.807, 2.05) is 0 Å². The summed E-state index contributed by atoms with van der Waals surface area (Å²) in [5.41, 5.74) is 0. The van der Waals surface area contributed by atoms with Gasteiger partial charge in [0.25, 0.3) is 0 Å². The minimum Gasteiger partial charge on any atom is -0.352 e. The Labute approximate surface area is 128 Å². The molecule has 3 nitrogen and oxygen atoms in total. The normalized spacial score (nSPS) is 26.1. The number of piperidine rings is 1. The SMILES string of the molecule is CSCCC(=O)N[C@@H]1CCCN(C2CCCCCC2)C1. The van der Waals surface area contributed by atoms with Gasteiger partial charge in [-0.25, -0.2) is 0 Å². The first-order chi connectivity index (χ1) is 9.79. The highest BCUT2D eigenvalue weighted by Crippen LogP contribution is 2.24. The van der Waals surface area contributed by atoms with Crippen LogP contribution in [0.3, 0.4) is 0 Å². The molecule has 116 valence electrons. The highest BCUT2D eigenvalue weighted by molar-refractivity contribution is 7.98. The third-order valence-corrected chi connectivity index (χ3v) is 5.30. The maximum Gasteiger partial charge on any atom is 0.221 e. The quantitative estimate of drug-likeness (QED) is 0.792. The highest BCUT2D eigenvalue weighted by atomic mass is 32.2. The van der Waals surface area contributed by atoms with Crippen LogP contribution in [0.1, 0.15) is 57.8 Å². The molecule has 20 heavy (non-hydrogen) atoms. The van der Waals surface area contributed by atoms with Crippen LogP contribution >= 0.6 is 11.8 Å². The van der Waals surface area contributed by atoms with Crippen molar-refractivity contribution in [3.05, 3.63) is 0 Å². The van der Waals surface area contributed by atoms with Gasteiger partial charge in [0.2, 0.25) is 5.91 Å². The van der Waals surface area contributed by atoms with Crippen LogP contribution < -0.4 is 5.32 Å². The molecule has 1 amide bonds. The van der Waals surface area contributed by atoms with Gasteiger partial charge in [-0.2, -0.15) is 11.8 Å². The van der Waals surface area contributed by atoms with Crippen molar-refractivity contribution in [1.29, 1.82) is 0 Å². The first kappa shape index (κ1) is 16.2. The van der Waals surface area contributed by atoms with Gasteiger partial charge >= 0.3 is 0 Å². The molecular weight excluding hydrogens is 268 g/mol. The zero-order chi connectivity index (χ0) is 14.2. The van der Waals surface area contributed by atoms with Crippen LogP contribution in [0.15, 0.2) is 0 Å². The van der Waals surface area contributed by atoms with Gasteiger partial charge in [0.15, 0.2) is 0 Å². The summed E-state index contributed by atoms with van der Waals surface area (Å²) in [6.45, 7) is 2.32. The molecule has 1 saturated carbocycles. The van der Waals surface area contributed by atoms with Crippen molar-refractivity contribution in [2.75, 3.05) is 25.1 Å². The second-order valence-electron chi connectivity index (χ2n) is 6.29. The lowest BCUT2D eigenvalue weighted by Crippen LogP contribution is -2.51. The monoisotopic (exact) mass is 298 g/mol. The van der Waals surface area contributed by atoms with Gasteiger partial charge in [-0.05, 0) is 38.5 Å². The minimum atomic E-state index is 0.243. The zero-order valence-electron chi connectivity index (χ0n) is 12.9. The molecule has 1 heterocycles. The molecular formula is C16H30N2OS. The van der Waals surface area contributed by atoms with Crippen LogP contribution in [0.4, 0.5) is 0 Å². The number of thioether (sulfide) groups is 1. The predicted molar refractivity (Wildman–Crippen MR) is 87.2 cm³/mol. The third-order valence-electron chi connectivity index (χ3n) is 4.69. The van der Waals surface area contributed by atoms with Gasteiger partial charge < -0.3 is 5.32 Å². The fourth-order valence-corrected chi connectivity index (χ4v) is 3.96. The summed E-state index contributed by atoms with van der Waals surface area (Å²) < 4.78 is 0. The van der Waals surface area contributed by atoms with Crippen molar-refractivity contribution < 1.29 is 4.79 Å². The van der Waals surface area contributed by atoms with Crippen molar-refractivity contribution in [1.82, 2.24) is 10.2 Å². The van der Waals surface area contributed by atoms with Crippen LogP contribution in [-0.2, 0) is 4.79 Å². The number of carbonyl (C=O) groups excluding carboxylic acids is 1. The van der Waals surface area contributed by atoms with Gasteiger partial charge in [-0.3, -0.25) is 9.69 Å². The van der Waals surface area contributed by atoms with E-state index in [4.69, 9.17) is 0 Å². The number of hydrogen-bond acceptors (Lipinski definition) is 3. The first-order valence-corrected chi connectivity index (χ1v) is 9.71. The Bertz CT molecular complexity index is 290. The summed E-state index contributed by atoms with van der Waals surface area (Å²) in [7, 11) is 0. The van der Waals surface area contributed by atoms with Crippen LogP contribution in [0.5, 0.6) is 0 Å². The molecule has 0 aromatic rings. The molecule has 0 spiro atoms. The number of rotatable bonds is 5. The summed E-state index contributed by atoms with van der Waals surface area (Å²) >= 11 is 1.75. The summed E-state index contributed by atoms with van der Waals surface area (Å²) in [6.07, 6.45) is 13.5. The van der Waals surface area contributed by atoms with Gasteiger partial charge in [0.05, 0.1) is 0 Å². The molecule has 0 aromatic heterocycles. The molecule has 4 heteroatoms. The fraction of sp³-hybridized carbons (Fsp3) is 0.938. The third kappa shape index (κ3) is 5.28. The minimum absolute atomic E-state index is 0.243. The van der Waals surface area contributed by atoms with E-state index in [0.717, 1.165) is 24.8 Å². The van der Waals surface area contributed by atoms with E-state index in [0.29, 0.717) is 12.5 Å². The van der Waals surface area contributed by atoms with Crippen molar-refractivity contribution >= 4 is 17.7 Å².